The van der Waals surface area contributed by atoms with Crippen molar-refractivity contribution in [1.29, 1.82) is 0 Å². The summed E-state index contributed by atoms with van der Waals surface area (Å²) in [6.07, 6.45) is 4.13. The van der Waals surface area contributed by atoms with Crippen LogP contribution in [0.4, 0.5) is 8.78 Å². The number of hydrogen-bond acceptors (Lipinski definition) is 1. The third kappa shape index (κ3) is 1.14. The van der Waals surface area contributed by atoms with E-state index >= 15 is 0 Å². The number of fused-ring (bicyclic) bond motifs is 1. The maximum Gasteiger partial charge on any atom is 0.283 e. The van der Waals surface area contributed by atoms with Crippen LogP contribution in [-0.2, 0) is 0 Å². The third-order valence-electron chi connectivity index (χ3n) is 1.90. The highest BCUT2D eigenvalue weighted by Crippen LogP contribution is 2.22. The van der Waals surface area contributed by atoms with Crippen LogP contribution in [0.2, 0.25) is 0 Å². The van der Waals surface area contributed by atoms with Crippen molar-refractivity contribution in [3.63, 3.8) is 0 Å². The highest BCUT2D eigenvalue weighted by Gasteiger charge is 2.18. The van der Waals surface area contributed by atoms with E-state index < -0.39 is 6.43 Å². The predicted molar refractivity (Wildman–Crippen MR) is 48.1 cm³/mol. The normalized spacial score (nSPS) is 10.7. The van der Waals surface area contributed by atoms with Gasteiger partial charge in [-0.05, 0) is 18.1 Å². The van der Waals surface area contributed by atoms with Crippen molar-refractivity contribution >= 4 is 5.65 Å². The van der Waals surface area contributed by atoms with E-state index in [1.165, 1.54) is 4.40 Å². The van der Waals surface area contributed by atoms with E-state index in [1.807, 2.05) is 0 Å². The van der Waals surface area contributed by atoms with Gasteiger partial charge >= 0.3 is 0 Å². The van der Waals surface area contributed by atoms with E-state index in [9.17, 15) is 8.78 Å². The van der Waals surface area contributed by atoms with Gasteiger partial charge in [0, 0.05) is 6.20 Å². The fourth-order valence-corrected chi connectivity index (χ4v) is 1.31. The molecule has 0 aromatic carbocycles. The lowest BCUT2D eigenvalue weighted by Crippen LogP contribution is -1.91. The number of terminal acetylenes is 1. The first-order valence-electron chi connectivity index (χ1n) is 3.96. The quantitative estimate of drug-likeness (QED) is 0.633. The Morgan fingerprint density at radius 1 is 1.43 bits per heavy atom. The van der Waals surface area contributed by atoms with Crippen LogP contribution in [0.5, 0.6) is 0 Å². The lowest BCUT2D eigenvalue weighted by atomic mass is 10.3. The van der Waals surface area contributed by atoms with Gasteiger partial charge in [0.1, 0.15) is 17.0 Å². The molecular formula is C10H6F2N2. The van der Waals surface area contributed by atoms with Gasteiger partial charge < -0.3 is 0 Å². The molecule has 0 aliphatic rings. The Morgan fingerprint density at radius 3 is 2.86 bits per heavy atom. The Kier molecular flexibility index (Phi) is 1.93. The molecule has 0 saturated heterocycles. The maximum absolute atomic E-state index is 12.5. The van der Waals surface area contributed by atoms with Gasteiger partial charge in [-0.3, -0.25) is 4.40 Å². The molecule has 0 saturated carbocycles. The molecule has 0 fully saturated rings. The summed E-state index contributed by atoms with van der Waals surface area (Å²) in [5, 5.41) is 0. The average molecular weight is 192 g/mol. The number of pyridine rings is 1. The van der Waals surface area contributed by atoms with Crippen LogP contribution in [0.15, 0.2) is 24.4 Å². The van der Waals surface area contributed by atoms with Gasteiger partial charge in [-0.15, -0.1) is 6.42 Å². The second-order valence-corrected chi connectivity index (χ2v) is 2.72. The van der Waals surface area contributed by atoms with Gasteiger partial charge in [-0.2, -0.15) is 0 Å². The molecule has 0 N–H and O–H groups in total. The molecule has 0 bridgehead atoms. The largest absolute Gasteiger partial charge is 0.293 e. The highest BCUT2D eigenvalue weighted by atomic mass is 19.3. The van der Waals surface area contributed by atoms with E-state index in [0.29, 0.717) is 5.65 Å². The molecule has 0 aliphatic carbocycles. The van der Waals surface area contributed by atoms with Crippen LogP contribution in [0.1, 0.15) is 17.8 Å². The van der Waals surface area contributed by atoms with Crippen molar-refractivity contribution < 1.29 is 8.78 Å². The van der Waals surface area contributed by atoms with Gasteiger partial charge in [-0.1, -0.05) is 6.07 Å². The summed E-state index contributed by atoms with van der Waals surface area (Å²) in [6, 6.07) is 5.06. The highest BCUT2D eigenvalue weighted by molar-refractivity contribution is 5.48. The number of hydrogen-bond donors (Lipinski definition) is 0. The zero-order chi connectivity index (χ0) is 10.1. The monoisotopic (exact) mass is 192 g/mol. The van der Waals surface area contributed by atoms with Crippen LogP contribution in [0.25, 0.3) is 5.65 Å². The van der Waals surface area contributed by atoms with Gasteiger partial charge in [-0.25, -0.2) is 13.8 Å². The molecule has 0 aliphatic heterocycles. The predicted octanol–water partition coefficient (Wildman–Crippen LogP) is 2.25. The van der Waals surface area contributed by atoms with Crippen LogP contribution >= 0.6 is 0 Å². The van der Waals surface area contributed by atoms with Crippen LogP contribution in [-0.4, -0.2) is 9.38 Å². The second-order valence-electron chi connectivity index (χ2n) is 2.72. The Hall–Kier alpha value is -1.89. The average Bonchev–Trinajstić information content (AvgIpc) is 2.56. The van der Waals surface area contributed by atoms with Crippen LogP contribution in [0.3, 0.4) is 0 Å². The molecular weight excluding hydrogens is 186 g/mol. The van der Waals surface area contributed by atoms with Gasteiger partial charge in [0.05, 0.1) is 0 Å². The number of aromatic nitrogens is 2. The molecule has 0 amide bonds. The summed E-state index contributed by atoms with van der Waals surface area (Å²) in [4.78, 5) is 3.75. The molecule has 2 aromatic rings. The molecule has 2 rings (SSSR count). The van der Waals surface area contributed by atoms with Crippen LogP contribution in [0, 0.1) is 12.3 Å². The Balaban J connectivity index is 2.81. The zero-order valence-corrected chi connectivity index (χ0v) is 7.11. The van der Waals surface area contributed by atoms with E-state index in [2.05, 4.69) is 10.9 Å². The maximum atomic E-state index is 12.5. The topological polar surface area (TPSA) is 17.3 Å². The summed E-state index contributed by atoms with van der Waals surface area (Å²) in [5.41, 5.74) is 0.227. The standard InChI is InChI=1S/C10H6F2N2/c1-2-7-9(10(11)12)13-8-5-3-4-6-14(7)8/h1,3-6,10H. The van der Waals surface area contributed by atoms with E-state index in [4.69, 9.17) is 6.42 Å². The van der Waals surface area contributed by atoms with Crippen LogP contribution < -0.4 is 0 Å². The van der Waals surface area contributed by atoms with Crippen molar-refractivity contribution in [2.45, 2.75) is 6.43 Å². The summed E-state index contributed by atoms with van der Waals surface area (Å²) in [5.74, 6) is 2.22. The first-order valence-corrected chi connectivity index (χ1v) is 3.96. The Morgan fingerprint density at radius 2 is 2.21 bits per heavy atom. The van der Waals surface area contributed by atoms with Crippen molar-refractivity contribution in [2.24, 2.45) is 0 Å². The molecule has 70 valence electrons. The summed E-state index contributed by atoms with van der Waals surface area (Å²) < 4.78 is 26.4. The lowest BCUT2D eigenvalue weighted by molar-refractivity contribution is 0.146. The first kappa shape index (κ1) is 8.70. The minimum absolute atomic E-state index is 0.121. The second kappa shape index (κ2) is 3.11. The Labute approximate surface area is 79.2 Å². The number of nitrogens with zero attached hydrogens (tertiary/aromatic N) is 2. The first-order chi connectivity index (χ1) is 6.74. The molecule has 2 nitrogen and oxygen atoms in total. The summed E-state index contributed by atoms with van der Waals surface area (Å²) >= 11 is 0. The number of halogens is 2. The minimum Gasteiger partial charge on any atom is -0.293 e. The number of imidazole rings is 1. The summed E-state index contributed by atoms with van der Waals surface area (Å²) in [7, 11) is 0. The van der Waals surface area contributed by atoms with Crippen molar-refractivity contribution in [2.75, 3.05) is 0 Å². The smallest absolute Gasteiger partial charge is 0.283 e. The van der Waals surface area contributed by atoms with Crippen molar-refractivity contribution in [3.05, 3.63) is 35.8 Å². The van der Waals surface area contributed by atoms with E-state index in [-0.39, 0.29) is 11.4 Å². The molecule has 14 heavy (non-hydrogen) atoms. The SMILES string of the molecule is C#Cc1c(C(F)F)nc2ccccn12. The van der Waals surface area contributed by atoms with E-state index in [1.54, 1.807) is 24.4 Å². The summed E-state index contributed by atoms with van der Waals surface area (Å²) in [6.45, 7) is 0. The number of alkyl halides is 2. The molecule has 0 atom stereocenters. The van der Waals surface area contributed by atoms with E-state index in [0.717, 1.165) is 0 Å². The Bertz CT molecular complexity index is 508. The van der Waals surface area contributed by atoms with Crippen molar-refractivity contribution in [1.82, 2.24) is 9.38 Å². The van der Waals surface area contributed by atoms with Gasteiger partial charge in [0.25, 0.3) is 6.43 Å². The molecule has 0 unspecified atom stereocenters. The third-order valence-corrected chi connectivity index (χ3v) is 1.90. The van der Waals surface area contributed by atoms with Crippen molar-refractivity contribution in [3.8, 4) is 12.3 Å². The van der Waals surface area contributed by atoms with Gasteiger partial charge in [0.2, 0.25) is 0 Å². The zero-order valence-electron chi connectivity index (χ0n) is 7.11. The molecule has 2 aromatic heterocycles. The fourth-order valence-electron chi connectivity index (χ4n) is 1.31. The minimum atomic E-state index is -2.64. The molecule has 0 radical (unpaired) electrons. The molecule has 0 spiro atoms. The lowest BCUT2D eigenvalue weighted by Gasteiger charge is -1.94. The number of rotatable bonds is 1. The molecule has 4 heteroatoms. The fraction of sp³-hybridized carbons (Fsp3) is 0.100. The van der Waals surface area contributed by atoms with Gasteiger partial charge in [0.15, 0.2) is 0 Å². The molecule has 2 heterocycles.